The molecule has 3 aromatic carbocycles. The third kappa shape index (κ3) is 4.35. The molecular weight excluding hydrogens is 494 g/mol. The van der Waals surface area contributed by atoms with E-state index in [4.69, 9.17) is 9.72 Å². The second kappa shape index (κ2) is 10.2. The molecule has 1 amide bonds. The number of ether oxygens (including phenoxy) is 1. The second-order valence-corrected chi connectivity index (χ2v) is 8.74. The molecular formula is C27H26BrN3O3. The Morgan fingerprint density at radius 1 is 1.06 bits per heavy atom. The van der Waals surface area contributed by atoms with Crippen molar-refractivity contribution >= 4 is 32.7 Å². The number of nitrogens with zero attached hydrogens (tertiary/aromatic N) is 3. The van der Waals surface area contributed by atoms with E-state index in [9.17, 15) is 9.59 Å². The largest absolute Gasteiger partial charge is 0.495 e. The number of halogens is 1. The number of benzene rings is 3. The number of para-hydroxylation sites is 3. The third-order valence-corrected chi connectivity index (χ3v) is 6.36. The van der Waals surface area contributed by atoms with Gasteiger partial charge in [-0.05, 0) is 55.8 Å². The number of carbonyl (C=O) groups excluding carboxylic acids is 1. The van der Waals surface area contributed by atoms with Crippen molar-refractivity contribution in [3.63, 3.8) is 0 Å². The van der Waals surface area contributed by atoms with Crippen LogP contribution in [0.15, 0.2) is 82.1 Å². The van der Waals surface area contributed by atoms with Crippen LogP contribution in [0.4, 0.5) is 0 Å². The normalized spacial score (nSPS) is 11.9. The van der Waals surface area contributed by atoms with Crippen LogP contribution < -0.4 is 10.3 Å². The molecule has 1 unspecified atom stereocenters. The highest BCUT2D eigenvalue weighted by atomic mass is 79.9. The first-order valence-electron chi connectivity index (χ1n) is 11.2. The molecule has 0 spiro atoms. The molecule has 0 N–H and O–H groups in total. The number of carbonyl (C=O) groups is 1. The SMILES string of the molecule is CCC(c1nc2ccccc2c(=O)n1-c1ccccc1OC)N(CC)C(=O)c1cccc(Br)c1. The fourth-order valence-electron chi connectivity index (χ4n) is 4.26. The fourth-order valence-corrected chi connectivity index (χ4v) is 4.66. The Hall–Kier alpha value is -3.45. The highest BCUT2D eigenvalue weighted by molar-refractivity contribution is 9.10. The quantitative estimate of drug-likeness (QED) is 0.311. The summed E-state index contributed by atoms with van der Waals surface area (Å²) in [6.07, 6.45) is 0.577. The number of rotatable bonds is 7. The molecule has 4 rings (SSSR count). The molecule has 1 atom stereocenters. The summed E-state index contributed by atoms with van der Waals surface area (Å²) in [5.74, 6) is 0.935. The molecule has 34 heavy (non-hydrogen) atoms. The van der Waals surface area contributed by atoms with E-state index in [1.807, 2.05) is 68.4 Å². The van der Waals surface area contributed by atoms with Crippen LogP contribution in [0.1, 0.15) is 42.5 Å². The van der Waals surface area contributed by atoms with Crippen LogP contribution in [0.3, 0.4) is 0 Å². The number of hydrogen-bond donors (Lipinski definition) is 0. The van der Waals surface area contributed by atoms with Crippen molar-refractivity contribution in [1.29, 1.82) is 0 Å². The summed E-state index contributed by atoms with van der Waals surface area (Å²) >= 11 is 3.45. The van der Waals surface area contributed by atoms with E-state index in [1.165, 1.54) is 0 Å². The minimum absolute atomic E-state index is 0.121. The number of aromatic nitrogens is 2. The highest BCUT2D eigenvalue weighted by Gasteiger charge is 2.29. The van der Waals surface area contributed by atoms with Crippen LogP contribution in [0.25, 0.3) is 16.6 Å². The summed E-state index contributed by atoms with van der Waals surface area (Å²) in [5.41, 5.74) is 1.56. The number of hydrogen-bond acceptors (Lipinski definition) is 4. The van der Waals surface area contributed by atoms with Crippen LogP contribution in [-0.4, -0.2) is 34.0 Å². The molecule has 0 saturated carbocycles. The first-order valence-corrected chi connectivity index (χ1v) is 12.0. The van der Waals surface area contributed by atoms with Gasteiger partial charge >= 0.3 is 0 Å². The van der Waals surface area contributed by atoms with Gasteiger partial charge in [-0.1, -0.05) is 53.2 Å². The zero-order valence-electron chi connectivity index (χ0n) is 19.4. The first kappa shape index (κ1) is 23.7. The Morgan fingerprint density at radius 3 is 2.50 bits per heavy atom. The van der Waals surface area contributed by atoms with Gasteiger partial charge in [0.2, 0.25) is 0 Å². The summed E-state index contributed by atoms with van der Waals surface area (Å²) in [6.45, 7) is 4.39. The van der Waals surface area contributed by atoms with E-state index in [0.717, 1.165) is 4.47 Å². The Labute approximate surface area is 206 Å². The second-order valence-electron chi connectivity index (χ2n) is 7.83. The fraction of sp³-hybridized carbons (Fsp3) is 0.222. The number of methoxy groups -OCH3 is 1. The zero-order chi connectivity index (χ0) is 24.2. The molecule has 0 aliphatic rings. The van der Waals surface area contributed by atoms with Gasteiger partial charge in [0, 0.05) is 16.6 Å². The van der Waals surface area contributed by atoms with Crippen molar-refractivity contribution in [3.8, 4) is 11.4 Å². The van der Waals surface area contributed by atoms with Crippen molar-refractivity contribution in [2.45, 2.75) is 26.3 Å². The van der Waals surface area contributed by atoms with E-state index in [1.54, 1.807) is 34.8 Å². The average Bonchev–Trinajstić information content (AvgIpc) is 2.87. The molecule has 4 aromatic rings. The monoisotopic (exact) mass is 519 g/mol. The van der Waals surface area contributed by atoms with E-state index >= 15 is 0 Å². The summed E-state index contributed by atoms with van der Waals surface area (Å²) in [6, 6.07) is 21.5. The first-order chi connectivity index (χ1) is 16.5. The Morgan fingerprint density at radius 2 is 1.79 bits per heavy atom. The van der Waals surface area contributed by atoms with Crippen LogP contribution in [0, 0.1) is 0 Å². The summed E-state index contributed by atoms with van der Waals surface area (Å²) < 4.78 is 8.00. The van der Waals surface area contributed by atoms with Crippen LogP contribution >= 0.6 is 15.9 Å². The van der Waals surface area contributed by atoms with Gasteiger partial charge in [0.1, 0.15) is 11.6 Å². The summed E-state index contributed by atoms with van der Waals surface area (Å²) in [7, 11) is 1.57. The lowest BCUT2D eigenvalue weighted by Gasteiger charge is -2.31. The maximum absolute atomic E-state index is 13.8. The molecule has 174 valence electrons. The van der Waals surface area contributed by atoms with Crippen molar-refractivity contribution in [1.82, 2.24) is 14.5 Å². The molecule has 0 bridgehead atoms. The molecule has 0 aliphatic carbocycles. The van der Waals surface area contributed by atoms with Crippen molar-refractivity contribution in [3.05, 3.63) is 99.0 Å². The lowest BCUT2D eigenvalue weighted by atomic mass is 10.1. The minimum atomic E-state index is -0.432. The number of fused-ring (bicyclic) bond motifs is 1. The molecule has 1 heterocycles. The van der Waals surface area contributed by atoms with Crippen LogP contribution in [0.2, 0.25) is 0 Å². The summed E-state index contributed by atoms with van der Waals surface area (Å²) in [4.78, 5) is 34.1. The molecule has 0 fully saturated rings. The molecule has 0 radical (unpaired) electrons. The minimum Gasteiger partial charge on any atom is -0.495 e. The Kier molecular flexibility index (Phi) is 7.12. The predicted octanol–water partition coefficient (Wildman–Crippen LogP) is 5.77. The van der Waals surface area contributed by atoms with E-state index < -0.39 is 6.04 Å². The molecule has 0 aliphatic heterocycles. The third-order valence-electron chi connectivity index (χ3n) is 5.86. The molecule has 7 heteroatoms. The molecule has 1 aromatic heterocycles. The van der Waals surface area contributed by atoms with Gasteiger partial charge in [-0.15, -0.1) is 0 Å². The van der Waals surface area contributed by atoms with Crippen LogP contribution in [-0.2, 0) is 0 Å². The van der Waals surface area contributed by atoms with Crippen molar-refractivity contribution in [2.24, 2.45) is 0 Å². The van der Waals surface area contributed by atoms with Gasteiger partial charge in [-0.25, -0.2) is 4.98 Å². The van der Waals surface area contributed by atoms with Gasteiger partial charge in [-0.2, -0.15) is 0 Å². The molecule has 0 saturated heterocycles. The van der Waals surface area contributed by atoms with Gasteiger partial charge in [0.15, 0.2) is 0 Å². The number of amides is 1. The van der Waals surface area contributed by atoms with Crippen LogP contribution in [0.5, 0.6) is 5.75 Å². The highest BCUT2D eigenvalue weighted by Crippen LogP contribution is 2.30. The lowest BCUT2D eigenvalue weighted by molar-refractivity contribution is 0.0672. The lowest BCUT2D eigenvalue weighted by Crippen LogP contribution is -2.38. The predicted molar refractivity (Wildman–Crippen MR) is 138 cm³/mol. The zero-order valence-corrected chi connectivity index (χ0v) is 21.0. The maximum atomic E-state index is 13.8. The van der Waals surface area contributed by atoms with E-state index in [-0.39, 0.29) is 11.5 Å². The smallest absolute Gasteiger partial charge is 0.266 e. The van der Waals surface area contributed by atoms with E-state index in [2.05, 4.69) is 15.9 Å². The van der Waals surface area contributed by atoms with Crippen molar-refractivity contribution in [2.75, 3.05) is 13.7 Å². The maximum Gasteiger partial charge on any atom is 0.266 e. The van der Waals surface area contributed by atoms with Gasteiger partial charge in [0.25, 0.3) is 11.5 Å². The standard InChI is InChI=1S/C27H26BrN3O3/c1-4-22(30(5-2)26(32)18-11-10-12-19(28)17-18)25-29-21-14-7-6-13-20(21)27(33)31(25)23-15-8-9-16-24(23)34-3/h6-17,22H,4-5H2,1-3H3. The average molecular weight is 520 g/mol. The van der Waals surface area contributed by atoms with Gasteiger partial charge < -0.3 is 9.64 Å². The van der Waals surface area contributed by atoms with E-state index in [0.29, 0.717) is 46.7 Å². The Balaban J connectivity index is 1.97. The topological polar surface area (TPSA) is 64.4 Å². The summed E-state index contributed by atoms with van der Waals surface area (Å²) in [5, 5.41) is 0.508. The molecule has 6 nitrogen and oxygen atoms in total. The van der Waals surface area contributed by atoms with Gasteiger partial charge in [0.05, 0.1) is 29.7 Å². The Bertz CT molecular complexity index is 1400. The van der Waals surface area contributed by atoms with Gasteiger partial charge in [-0.3, -0.25) is 14.2 Å². The van der Waals surface area contributed by atoms with Crippen molar-refractivity contribution < 1.29 is 9.53 Å².